The van der Waals surface area contributed by atoms with Crippen LogP contribution in [-0.2, 0) is 0 Å². The summed E-state index contributed by atoms with van der Waals surface area (Å²) in [6.07, 6.45) is -11.1. The molecule has 0 aromatic heterocycles. The molecule has 1 unspecified atom stereocenters. The van der Waals surface area contributed by atoms with Gasteiger partial charge in [0.2, 0.25) is 0 Å². The van der Waals surface area contributed by atoms with Gasteiger partial charge in [0, 0.05) is 5.56 Å². The van der Waals surface area contributed by atoms with Gasteiger partial charge in [0.25, 0.3) is 0 Å². The molecule has 1 aromatic rings. The molecule has 0 saturated carbocycles. The summed E-state index contributed by atoms with van der Waals surface area (Å²) in [6.45, 7) is 1.18. The molecule has 0 fully saturated rings. The number of rotatable bonds is 4. The van der Waals surface area contributed by atoms with Crippen LogP contribution in [-0.4, -0.2) is 18.9 Å². The lowest BCUT2D eigenvalue weighted by atomic mass is 9.91. The second-order valence-electron chi connectivity index (χ2n) is 4.12. The minimum absolute atomic E-state index is 0.165. The van der Waals surface area contributed by atoms with Crippen LogP contribution in [0.2, 0.25) is 0 Å². The zero-order valence-corrected chi connectivity index (χ0v) is 10.3. The zero-order chi connectivity index (χ0) is 15.6. The molecular formula is C12H12F7N. The minimum atomic E-state index is -5.53. The van der Waals surface area contributed by atoms with Crippen LogP contribution in [0.1, 0.15) is 18.5 Å². The first-order valence-electron chi connectivity index (χ1n) is 5.70. The molecule has 0 bridgehead atoms. The second kappa shape index (κ2) is 5.99. The first-order chi connectivity index (χ1) is 9.09. The van der Waals surface area contributed by atoms with Crippen LogP contribution in [0.15, 0.2) is 24.3 Å². The highest BCUT2D eigenvalue weighted by Crippen LogP contribution is 2.46. The molecule has 1 nitrogen and oxygen atoms in total. The quantitative estimate of drug-likeness (QED) is 0.821. The molecule has 1 aromatic carbocycles. The van der Waals surface area contributed by atoms with E-state index in [9.17, 15) is 30.7 Å². The Kier molecular flexibility index (Phi) is 5.01. The number of hydrogen-bond acceptors (Lipinski definition) is 1. The number of benzene rings is 1. The average molecular weight is 303 g/mol. The van der Waals surface area contributed by atoms with E-state index in [1.165, 1.54) is 19.1 Å². The first kappa shape index (κ1) is 16.7. The van der Waals surface area contributed by atoms with Gasteiger partial charge in [0.15, 0.2) is 5.92 Å². The van der Waals surface area contributed by atoms with Crippen molar-refractivity contribution in [1.29, 1.82) is 0 Å². The second-order valence-corrected chi connectivity index (χ2v) is 4.12. The van der Waals surface area contributed by atoms with Crippen molar-refractivity contribution in [3.05, 3.63) is 35.6 Å². The fourth-order valence-electron chi connectivity index (χ4n) is 1.92. The summed E-state index contributed by atoms with van der Waals surface area (Å²) in [7, 11) is 0. The van der Waals surface area contributed by atoms with Crippen LogP contribution in [0.5, 0.6) is 0 Å². The van der Waals surface area contributed by atoms with Gasteiger partial charge < -0.3 is 5.32 Å². The van der Waals surface area contributed by atoms with Crippen LogP contribution in [0.25, 0.3) is 0 Å². The smallest absolute Gasteiger partial charge is 0.309 e. The Labute approximate surface area is 110 Å². The van der Waals surface area contributed by atoms with E-state index in [0.29, 0.717) is 0 Å². The Bertz CT molecular complexity index is 424. The molecule has 0 spiro atoms. The Morgan fingerprint density at radius 1 is 1.00 bits per heavy atom. The summed E-state index contributed by atoms with van der Waals surface area (Å²) in [5.74, 6) is -4.79. The van der Waals surface area contributed by atoms with Crippen LogP contribution < -0.4 is 5.32 Å². The maximum atomic E-state index is 13.5. The van der Waals surface area contributed by atoms with Crippen molar-refractivity contribution in [1.82, 2.24) is 5.32 Å². The summed E-state index contributed by atoms with van der Waals surface area (Å²) < 4.78 is 89.9. The third-order valence-corrected chi connectivity index (χ3v) is 2.70. The van der Waals surface area contributed by atoms with Crippen molar-refractivity contribution in [2.75, 3.05) is 6.54 Å². The van der Waals surface area contributed by atoms with Gasteiger partial charge in [-0.15, -0.1) is 0 Å². The van der Waals surface area contributed by atoms with Gasteiger partial charge in [0.05, 0.1) is 6.04 Å². The standard InChI is InChI=1S/C12H12F7N/c1-2-20-9(7-5-3-4-6-8(7)13)10(11(14,15)16)12(17,18)19/h3-6,9-10,20H,2H2,1H3. The SMILES string of the molecule is CCNC(c1ccccc1F)C(C(F)(F)F)C(F)(F)F. The molecule has 20 heavy (non-hydrogen) atoms. The molecule has 0 heterocycles. The van der Waals surface area contributed by atoms with E-state index in [2.05, 4.69) is 5.32 Å². The highest BCUT2D eigenvalue weighted by molar-refractivity contribution is 5.23. The number of halogens is 7. The zero-order valence-electron chi connectivity index (χ0n) is 10.3. The Morgan fingerprint density at radius 3 is 1.90 bits per heavy atom. The van der Waals surface area contributed by atoms with E-state index in [-0.39, 0.29) is 6.54 Å². The molecule has 0 saturated heterocycles. The normalized spacial score (nSPS) is 14.7. The molecule has 8 heteroatoms. The first-order valence-corrected chi connectivity index (χ1v) is 5.70. The number of hydrogen-bond donors (Lipinski definition) is 1. The van der Waals surface area contributed by atoms with Gasteiger partial charge in [0.1, 0.15) is 5.82 Å². The predicted octanol–water partition coefficient (Wildman–Crippen LogP) is 4.22. The van der Waals surface area contributed by atoms with Gasteiger partial charge in [-0.2, -0.15) is 26.3 Å². The average Bonchev–Trinajstić information content (AvgIpc) is 2.25. The highest BCUT2D eigenvalue weighted by atomic mass is 19.4. The van der Waals surface area contributed by atoms with Crippen molar-refractivity contribution in [2.24, 2.45) is 5.92 Å². The van der Waals surface area contributed by atoms with Crippen LogP contribution >= 0.6 is 0 Å². The number of nitrogens with one attached hydrogen (secondary N) is 1. The molecule has 0 amide bonds. The lowest BCUT2D eigenvalue weighted by molar-refractivity contribution is -0.292. The molecule has 0 aliphatic carbocycles. The van der Waals surface area contributed by atoms with E-state index < -0.39 is 35.7 Å². The predicted molar refractivity (Wildman–Crippen MR) is 58.4 cm³/mol. The third kappa shape index (κ3) is 3.84. The Hall–Kier alpha value is -1.31. The summed E-state index contributed by atoms with van der Waals surface area (Å²) in [5.41, 5.74) is -0.658. The Balaban J connectivity index is 3.33. The van der Waals surface area contributed by atoms with E-state index in [0.717, 1.165) is 12.1 Å². The van der Waals surface area contributed by atoms with Crippen molar-refractivity contribution >= 4 is 0 Å². The van der Waals surface area contributed by atoms with Crippen LogP contribution in [0, 0.1) is 11.7 Å². The lowest BCUT2D eigenvalue weighted by Crippen LogP contribution is -2.46. The van der Waals surface area contributed by atoms with Crippen molar-refractivity contribution < 1.29 is 30.7 Å². The van der Waals surface area contributed by atoms with Crippen LogP contribution in [0.3, 0.4) is 0 Å². The monoisotopic (exact) mass is 303 g/mol. The topological polar surface area (TPSA) is 12.0 Å². The van der Waals surface area contributed by atoms with Gasteiger partial charge in [-0.25, -0.2) is 4.39 Å². The summed E-state index contributed by atoms with van der Waals surface area (Å²) >= 11 is 0. The minimum Gasteiger partial charge on any atom is -0.309 e. The van der Waals surface area contributed by atoms with Crippen molar-refractivity contribution in [2.45, 2.75) is 25.3 Å². The fourth-order valence-corrected chi connectivity index (χ4v) is 1.92. The fraction of sp³-hybridized carbons (Fsp3) is 0.500. The Morgan fingerprint density at radius 2 is 1.50 bits per heavy atom. The van der Waals surface area contributed by atoms with Gasteiger partial charge in [-0.1, -0.05) is 25.1 Å². The maximum Gasteiger partial charge on any atom is 0.402 e. The molecule has 1 atom stereocenters. The van der Waals surface area contributed by atoms with Gasteiger partial charge >= 0.3 is 12.4 Å². The van der Waals surface area contributed by atoms with Crippen molar-refractivity contribution in [3.63, 3.8) is 0 Å². The van der Waals surface area contributed by atoms with E-state index >= 15 is 0 Å². The lowest BCUT2D eigenvalue weighted by Gasteiger charge is -2.31. The summed E-state index contributed by atoms with van der Waals surface area (Å²) in [6, 6.07) is 1.89. The third-order valence-electron chi connectivity index (χ3n) is 2.70. The molecule has 1 N–H and O–H groups in total. The van der Waals surface area contributed by atoms with Gasteiger partial charge in [-0.3, -0.25) is 0 Å². The molecule has 1 rings (SSSR count). The largest absolute Gasteiger partial charge is 0.402 e. The van der Waals surface area contributed by atoms with E-state index in [1.807, 2.05) is 0 Å². The molecule has 0 aliphatic heterocycles. The highest BCUT2D eigenvalue weighted by Gasteiger charge is 2.60. The molecule has 0 aliphatic rings. The molecule has 0 radical (unpaired) electrons. The van der Waals surface area contributed by atoms with E-state index in [1.54, 1.807) is 0 Å². The molecule has 114 valence electrons. The van der Waals surface area contributed by atoms with E-state index in [4.69, 9.17) is 0 Å². The summed E-state index contributed by atoms with van der Waals surface area (Å²) in [4.78, 5) is 0. The van der Waals surface area contributed by atoms with Crippen LogP contribution in [0.4, 0.5) is 30.7 Å². The summed E-state index contributed by atoms with van der Waals surface area (Å²) in [5, 5.41) is 2.07. The molecular weight excluding hydrogens is 291 g/mol. The van der Waals surface area contributed by atoms with Crippen molar-refractivity contribution in [3.8, 4) is 0 Å². The maximum absolute atomic E-state index is 13.5. The number of alkyl halides is 6. The van der Waals surface area contributed by atoms with Gasteiger partial charge in [-0.05, 0) is 12.6 Å².